The fraction of sp³-hybridized carbons (Fsp3) is 0.500. The largest absolute Gasteiger partial charge is 0.493 e. The molecule has 0 spiro atoms. The number of hydrogen-bond donors (Lipinski definition) is 0. The highest BCUT2D eigenvalue weighted by Gasteiger charge is 2.29. The van der Waals surface area contributed by atoms with Gasteiger partial charge in [-0.2, -0.15) is 0 Å². The number of aromatic nitrogens is 1. The molecule has 3 heterocycles. The SMILES string of the molecule is COc1ccccc1OC1CN(Cc2cnc(N3CCCC3)s2)C1. The second-order valence-electron chi connectivity index (χ2n) is 6.39. The first-order chi connectivity index (χ1) is 11.8. The number of thiazole rings is 1. The average Bonchev–Trinajstić information content (AvgIpc) is 3.24. The highest BCUT2D eigenvalue weighted by Crippen LogP contribution is 2.30. The minimum atomic E-state index is 0.243. The van der Waals surface area contributed by atoms with E-state index in [4.69, 9.17) is 9.47 Å². The van der Waals surface area contributed by atoms with Crippen molar-refractivity contribution in [1.82, 2.24) is 9.88 Å². The molecular weight excluding hydrogens is 322 g/mol. The molecule has 0 unspecified atom stereocenters. The minimum absolute atomic E-state index is 0.243. The van der Waals surface area contributed by atoms with Crippen LogP contribution in [0.15, 0.2) is 30.5 Å². The van der Waals surface area contributed by atoms with Crippen LogP contribution >= 0.6 is 11.3 Å². The topological polar surface area (TPSA) is 37.8 Å². The van der Waals surface area contributed by atoms with Crippen LogP contribution in [0.3, 0.4) is 0 Å². The molecule has 0 saturated carbocycles. The van der Waals surface area contributed by atoms with Gasteiger partial charge >= 0.3 is 0 Å². The maximum absolute atomic E-state index is 6.04. The van der Waals surface area contributed by atoms with Gasteiger partial charge in [0.05, 0.1) is 7.11 Å². The Balaban J connectivity index is 1.27. The molecule has 0 aliphatic carbocycles. The standard InChI is InChI=1S/C18H23N3O2S/c1-22-16-6-2-3-7-17(16)23-14-11-20(12-14)13-15-10-19-18(24-15)21-8-4-5-9-21/h2-3,6-7,10,14H,4-5,8-9,11-13H2,1H3. The van der Waals surface area contributed by atoms with Crippen molar-refractivity contribution in [3.05, 3.63) is 35.3 Å². The van der Waals surface area contributed by atoms with E-state index in [9.17, 15) is 0 Å². The summed E-state index contributed by atoms with van der Waals surface area (Å²) in [5.74, 6) is 1.63. The van der Waals surface area contributed by atoms with Crippen molar-refractivity contribution in [2.45, 2.75) is 25.5 Å². The smallest absolute Gasteiger partial charge is 0.185 e. The van der Waals surface area contributed by atoms with Gasteiger partial charge in [0.15, 0.2) is 16.6 Å². The number of ether oxygens (including phenoxy) is 2. The van der Waals surface area contributed by atoms with Crippen molar-refractivity contribution in [1.29, 1.82) is 0 Å². The Morgan fingerprint density at radius 3 is 2.67 bits per heavy atom. The maximum Gasteiger partial charge on any atom is 0.185 e. The fourth-order valence-corrected chi connectivity index (χ4v) is 4.27. The molecule has 1 aromatic carbocycles. The van der Waals surface area contributed by atoms with Crippen molar-refractivity contribution in [3.8, 4) is 11.5 Å². The number of rotatable bonds is 6. The van der Waals surface area contributed by atoms with Crippen molar-refractivity contribution >= 4 is 16.5 Å². The molecule has 2 aliphatic heterocycles. The minimum Gasteiger partial charge on any atom is -0.493 e. The first-order valence-corrected chi connectivity index (χ1v) is 9.35. The lowest BCUT2D eigenvalue weighted by atomic mass is 10.1. The zero-order valence-electron chi connectivity index (χ0n) is 14.0. The van der Waals surface area contributed by atoms with Gasteiger partial charge in [-0.15, -0.1) is 11.3 Å². The Bertz CT molecular complexity index is 678. The molecule has 0 radical (unpaired) electrons. The van der Waals surface area contributed by atoms with Crippen LogP contribution in [-0.4, -0.2) is 49.3 Å². The monoisotopic (exact) mass is 345 g/mol. The van der Waals surface area contributed by atoms with Crippen LogP contribution < -0.4 is 14.4 Å². The highest BCUT2D eigenvalue weighted by atomic mass is 32.1. The van der Waals surface area contributed by atoms with Crippen LogP contribution in [0.5, 0.6) is 11.5 Å². The fourth-order valence-electron chi connectivity index (χ4n) is 3.27. The summed E-state index contributed by atoms with van der Waals surface area (Å²) < 4.78 is 11.4. The molecule has 4 rings (SSSR count). The number of benzene rings is 1. The van der Waals surface area contributed by atoms with E-state index < -0.39 is 0 Å². The molecule has 128 valence electrons. The summed E-state index contributed by atoms with van der Waals surface area (Å²) in [4.78, 5) is 10.7. The number of likely N-dealkylation sites (tertiary alicyclic amines) is 1. The van der Waals surface area contributed by atoms with E-state index in [1.54, 1.807) is 7.11 Å². The van der Waals surface area contributed by atoms with E-state index in [0.717, 1.165) is 44.2 Å². The Morgan fingerprint density at radius 1 is 1.17 bits per heavy atom. The van der Waals surface area contributed by atoms with Crippen LogP contribution in [0, 0.1) is 0 Å². The second-order valence-corrected chi connectivity index (χ2v) is 7.48. The predicted molar refractivity (Wildman–Crippen MR) is 96.2 cm³/mol. The van der Waals surface area contributed by atoms with E-state index in [2.05, 4.69) is 14.8 Å². The zero-order chi connectivity index (χ0) is 16.4. The number of para-hydroxylation sites is 2. The average molecular weight is 345 g/mol. The molecule has 6 heteroatoms. The summed E-state index contributed by atoms with van der Waals surface area (Å²) in [5, 5.41) is 1.19. The summed E-state index contributed by atoms with van der Waals surface area (Å²) >= 11 is 1.83. The first kappa shape index (κ1) is 15.7. The van der Waals surface area contributed by atoms with Gasteiger partial charge in [0.2, 0.25) is 0 Å². The van der Waals surface area contributed by atoms with Gasteiger partial charge in [0.1, 0.15) is 6.10 Å². The van der Waals surface area contributed by atoms with Crippen LogP contribution in [0.4, 0.5) is 5.13 Å². The quantitative estimate of drug-likeness (QED) is 0.805. The predicted octanol–water partition coefficient (Wildman–Crippen LogP) is 3.02. The Labute approximate surface area is 146 Å². The second kappa shape index (κ2) is 6.99. The summed E-state index contributed by atoms with van der Waals surface area (Å²) in [7, 11) is 1.68. The van der Waals surface area contributed by atoms with Crippen LogP contribution in [-0.2, 0) is 6.54 Å². The molecule has 1 aromatic heterocycles. The molecule has 0 atom stereocenters. The summed E-state index contributed by atoms with van der Waals surface area (Å²) in [5.41, 5.74) is 0. The lowest BCUT2D eigenvalue weighted by Gasteiger charge is -2.38. The summed E-state index contributed by atoms with van der Waals surface area (Å²) in [6, 6.07) is 7.84. The van der Waals surface area contributed by atoms with E-state index in [1.165, 1.54) is 22.9 Å². The van der Waals surface area contributed by atoms with Crippen LogP contribution in [0.2, 0.25) is 0 Å². The van der Waals surface area contributed by atoms with Crippen LogP contribution in [0.1, 0.15) is 17.7 Å². The van der Waals surface area contributed by atoms with Crippen molar-refractivity contribution in [2.75, 3.05) is 38.2 Å². The van der Waals surface area contributed by atoms with Gasteiger partial charge in [0, 0.05) is 43.8 Å². The molecule has 0 bridgehead atoms. The molecule has 2 aliphatic rings. The molecular formula is C18H23N3O2S. The lowest BCUT2D eigenvalue weighted by Crippen LogP contribution is -2.52. The van der Waals surface area contributed by atoms with Gasteiger partial charge in [-0.05, 0) is 25.0 Å². The summed E-state index contributed by atoms with van der Waals surface area (Å²) in [6.07, 6.45) is 4.87. The first-order valence-electron chi connectivity index (χ1n) is 8.53. The van der Waals surface area contributed by atoms with E-state index in [-0.39, 0.29) is 6.10 Å². The van der Waals surface area contributed by atoms with Gasteiger partial charge < -0.3 is 14.4 Å². The van der Waals surface area contributed by atoms with Crippen molar-refractivity contribution in [2.24, 2.45) is 0 Å². The van der Waals surface area contributed by atoms with Gasteiger partial charge in [-0.1, -0.05) is 12.1 Å². The number of nitrogens with zero attached hydrogens (tertiary/aromatic N) is 3. The molecule has 2 saturated heterocycles. The third-order valence-electron chi connectivity index (χ3n) is 4.58. The number of hydrogen-bond acceptors (Lipinski definition) is 6. The molecule has 24 heavy (non-hydrogen) atoms. The third-order valence-corrected chi connectivity index (χ3v) is 5.63. The molecule has 0 amide bonds. The Hall–Kier alpha value is -1.79. The Kier molecular flexibility index (Phi) is 4.58. The maximum atomic E-state index is 6.04. The number of anilines is 1. The van der Waals surface area contributed by atoms with Gasteiger partial charge in [0.25, 0.3) is 0 Å². The number of methoxy groups -OCH3 is 1. The molecule has 2 fully saturated rings. The normalized spacial score (nSPS) is 18.6. The van der Waals surface area contributed by atoms with Gasteiger partial charge in [-0.25, -0.2) is 4.98 Å². The highest BCUT2D eigenvalue weighted by molar-refractivity contribution is 7.15. The van der Waals surface area contributed by atoms with E-state index in [0.29, 0.717) is 0 Å². The van der Waals surface area contributed by atoms with Crippen LogP contribution in [0.25, 0.3) is 0 Å². The zero-order valence-corrected chi connectivity index (χ0v) is 14.8. The van der Waals surface area contributed by atoms with Crippen molar-refractivity contribution < 1.29 is 9.47 Å². The molecule has 2 aromatic rings. The summed E-state index contributed by atoms with van der Waals surface area (Å²) in [6.45, 7) is 5.19. The molecule has 5 nitrogen and oxygen atoms in total. The molecule has 0 N–H and O–H groups in total. The van der Waals surface area contributed by atoms with E-state index >= 15 is 0 Å². The van der Waals surface area contributed by atoms with E-state index in [1.807, 2.05) is 41.8 Å². The lowest BCUT2D eigenvalue weighted by molar-refractivity contribution is 0.0137. The third kappa shape index (κ3) is 3.35. The Morgan fingerprint density at radius 2 is 1.92 bits per heavy atom. The van der Waals surface area contributed by atoms with Crippen molar-refractivity contribution in [3.63, 3.8) is 0 Å². The van der Waals surface area contributed by atoms with Gasteiger partial charge in [-0.3, -0.25) is 4.90 Å².